The molecule has 0 bridgehead atoms. The van der Waals surface area contributed by atoms with Crippen molar-refractivity contribution in [3.63, 3.8) is 0 Å². The quantitative estimate of drug-likeness (QED) is 0.582. The molecular formula is C19H19N5O3S2. The molecule has 10 heteroatoms. The third-order valence-corrected chi connectivity index (χ3v) is 5.81. The van der Waals surface area contributed by atoms with Gasteiger partial charge in [-0.05, 0) is 48.5 Å². The number of hydrogen-bond acceptors (Lipinski definition) is 7. The molecular weight excluding hydrogens is 410 g/mol. The van der Waals surface area contributed by atoms with E-state index in [1.165, 1.54) is 34.4 Å². The number of nitrogens with zero attached hydrogens (tertiary/aromatic N) is 3. The summed E-state index contributed by atoms with van der Waals surface area (Å²) in [5.41, 5.74) is 1.36. The van der Waals surface area contributed by atoms with E-state index in [1.54, 1.807) is 44.6 Å². The summed E-state index contributed by atoms with van der Waals surface area (Å²) < 4.78 is 22.7. The highest BCUT2D eigenvalue weighted by Crippen LogP contribution is 2.28. The van der Waals surface area contributed by atoms with E-state index in [4.69, 9.17) is 5.14 Å². The van der Waals surface area contributed by atoms with Crippen LogP contribution < -0.4 is 10.5 Å². The van der Waals surface area contributed by atoms with Gasteiger partial charge >= 0.3 is 0 Å². The Balaban J connectivity index is 1.75. The minimum Gasteiger partial charge on any atom is -0.345 e. The highest BCUT2D eigenvalue weighted by molar-refractivity contribution is 7.89. The van der Waals surface area contributed by atoms with Crippen LogP contribution in [0.4, 0.5) is 11.6 Å². The molecule has 3 N–H and O–H groups in total. The van der Waals surface area contributed by atoms with E-state index in [2.05, 4.69) is 15.3 Å². The van der Waals surface area contributed by atoms with E-state index in [0.29, 0.717) is 11.6 Å². The molecule has 1 amide bonds. The number of sulfonamides is 1. The molecule has 8 nitrogen and oxygen atoms in total. The lowest BCUT2D eigenvalue weighted by atomic mass is 10.3. The van der Waals surface area contributed by atoms with Crippen molar-refractivity contribution in [3.8, 4) is 10.6 Å². The van der Waals surface area contributed by atoms with Gasteiger partial charge in [-0.3, -0.25) is 4.79 Å². The lowest BCUT2D eigenvalue weighted by Crippen LogP contribution is -2.18. The van der Waals surface area contributed by atoms with Crippen LogP contribution in [0.1, 0.15) is 4.88 Å². The zero-order valence-electron chi connectivity index (χ0n) is 15.7. The molecule has 0 unspecified atom stereocenters. The number of nitrogens with two attached hydrogens (primary N) is 1. The Morgan fingerprint density at radius 3 is 2.52 bits per heavy atom. The fraction of sp³-hybridized carbons (Fsp3) is 0.105. The summed E-state index contributed by atoms with van der Waals surface area (Å²) in [6, 6.07) is 11.6. The van der Waals surface area contributed by atoms with Gasteiger partial charge in [0.25, 0.3) is 0 Å². The molecule has 0 aliphatic carbocycles. The van der Waals surface area contributed by atoms with Gasteiger partial charge < -0.3 is 10.2 Å². The van der Waals surface area contributed by atoms with Crippen molar-refractivity contribution >= 4 is 45.0 Å². The Kier molecular flexibility index (Phi) is 6.06. The van der Waals surface area contributed by atoms with Gasteiger partial charge in [0.15, 0.2) is 0 Å². The van der Waals surface area contributed by atoms with Crippen LogP contribution >= 0.6 is 11.3 Å². The lowest BCUT2D eigenvalue weighted by Gasteiger charge is -2.06. The number of hydrogen-bond donors (Lipinski definition) is 2. The largest absolute Gasteiger partial charge is 0.345 e. The summed E-state index contributed by atoms with van der Waals surface area (Å²) in [7, 11) is -0.337. The monoisotopic (exact) mass is 429 g/mol. The normalized spacial score (nSPS) is 11.6. The fourth-order valence-corrected chi connectivity index (χ4v) is 3.69. The second-order valence-corrected chi connectivity index (χ2v) is 8.90. The smallest absolute Gasteiger partial charge is 0.246 e. The Labute approximate surface area is 172 Å². The zero-order chi connectivity index (χ0) is 21.0. The summed E-state index contributed by atoms with van der Waals surface area (Å²) in [5, 5.41) is 8.14. The molecule has 0 fully saturated rings. The van der Waals surface area contributed by atoms with Crippen molar-refractivity contribution in [1.82, 2.24) is 14.9 Å². The molecule has 0 aliphatic rings. The van der Waals surface area contributed by atoms with Gasteiger partial charge in [0.2, 0.25) is 21.9 Å². The fourth-order valence-electron chi connectivity index (χ4n) is 2.30. The number of carbonyl (C=O) groups excluding carboxylic acids is 1. The van der Waals surface area contributed by atoms with Crippen LogP contribution in [0, 0.1) is 0 Å². The number of thiophene rings is 1. The summed E-state index contributed by atoms with van der Waals surface area (Å²) in [6.07, 6.45) is 4.92. The number of aromatic nitrogens is 2. The molecule has 2 heterocycles. The van der Waals surface area contributed by atoms with Gasteiger partial charge in [-0.2, -0.15) is 0 Å². The predicted molar refractivity (Wildman–Crippen MR) is 114 cm³/mol. The second kappa shape index (κ2) is 8.52. The molecule has 0 spiro atoms. The number of rotatable bonds is 6. The van der Waals surface area contributed by atoms with E-state index < -0.39 is 10.0 Å². The number of amides is 1. The molecule has 0 saturated heterocycles. The first-order valence-corrected chi connectivity index (χ1v) is 10.8. The van der Waals surface area contributed by atoms with Crippen molar-refractivity contribution in [1.29, 1.82) is 0 Å². The van der Waals surface area contributed by atoms with Gasteiger partial charge in [0.1, 0.15) is 0 Å². The average Bonchev–Trinajstić information content (AvgIpc) is 3.15. The first-order valence-electron chi connectivity index (χ1n) is 8.45. The number of anilines is 2. The molecule has 3 aromatic rings. The predicted octanol–water partition coefficient (Wildman–Crippen LogP) is 2.70. The second-order valence-electron chi connectivity index (χ2n) is 6.23. The van der Waals surface area contributed by atoms with E-state index in [9.17, 15) is 13.2 Å². The van der Waals surface area contributed by atoms with Crippen molar-refractivity contribution in [3.05, 3.63) is 59.6 Å². The first-order chi connectivity index (χ1) is 13.7. The third kappa shape index (κ3) is 5.47. The topological polar surface area (TPSA) is 118 Å². The van der Waals surface area contributed by atoms with Crippen LogP contribution in [0.3, 0.4) is 0 Å². The molecule has 29 heavy (non-hydrogen) atoms. The average molecular weight is 430 g/mol. The summed E-state index contributed by atoms with van der Waals surface area (Å²) in [6.45, 7) is 0. The van der Waals surface area contributed by atoms with Gasteiger partial charge in [-0.15, -0.1) is 11.3 Å². The van der Waals surface area contributed by atoms with E-state index in [1.807, 2.05) is 12.1 Å². The maximum Gasteiger partial charge on any atom is 0.246 e. The number of benzene rings is 1. The van der Waals surface area contributed by atoms with Crippen LogP contribution in [0.15, 0.2) is 59.6 Å². The van der Waals surface area contributed by atoms with E-state index in [-0.39, 0.29) is 10.8 Å². The number of nitrogens with one attached hydrogen (secondary N) is 1. The highest BCUT2D eigenvalue weighted by atomic mass is 32.2. The number of primary sulfonamides is 1. The molecule has 0 radical (unpaired) electrons. The number of likely N-dealkylation sites (N-methyl/N-ethyl adjacent to an activating group) is 1. The standard InChI is InChI=1S/C19H19N5O3S2/c1-24(2)18(25)10-6-14-5-9-17(28-14)16-11-12-21-19(23-16)22-13-3-7-15(8-4-13)29(20,26)27/h3-12H,1-2H3,(H2,20,26,27)(H,21,22,23)/b10-6+. The van der Waals surface area contributed by atoms with Crippen molar-refractivity contribution in [2.24, 2.45) is 5.14 Å². The van der Waals surface area contributed by atoms with Crippen molar-refractivity contribution in [2.45, 2.75) is 4.90 Å². The van der Waals surface area contributed by atoms with E-state index in [0.717, 1.165) is 15.4 Å². The molecule has 3 rings (SSSR count). The summed E-state index contributed by atoms with van der Waals surface area (Å²) in [4.78, 5) is 23.7. The van der Waals surface area contributed by atoms with E-state index >= 15 is 0 Å². The highest BCUT2D eigenvalue weighted by Gasteiger charge is 2.09. The molecule has 2 aromatic heterocycles. The first kappa shape index (κ1) is 20.6. The third-order valence-electron chi connectivity index (χ3n) is 3.80. The van der Waals surface area contributed by atoms with Gasteiger partial charge in [-0.25, -0.2) is 23.5 Å². The van der Waals surface area contributed by atoms with Gasteiger partial charge in [0, 0.05) is 36.9 Å². The Morgan fingerprint density at radius 1 is 1.14 bits per heavy atom. The van der Waals surface area contributed by atoms with Crippen LogP contribution in [-0.2, 0) is 14.8 Å². The minimum atomic E-state index is -3.73. The van der Waals surface area contributed by atoms with Crippen LogP contribution in [0.25, 0.3) is 16.6 Å². The van der Waals surface area contributed by atoms with Gasteiger partial charge in [-0.1, -0.05) is 0 Å². The van der Waals surface area contributed by atoms with Crippen molar-refractivity contribution in [2.75, 3.05) is 19.4 Å². The summed E-state index contributed by atoms with van der Waals surface area (Å²) >= 11 is 1.50. The Morgan fingerprint density at radius 2 is 1.86 bits per heavy atom. The van der Waals surface area contributed by atoms with Crippen molar-refractivity contribution < 1.29 is 13.2 Å². The van der Waals surface area contributed by atoms with Crippen LogP contribution in [0.2, 0.25) is 0 Å². The SMILES string of the molecule is CN(C)C(=O)/C=C/c1ccc(-c2ccnc(Nc3ccc(S(N)(=O)=O)cc3)n2)s1. The number of carbonyl (C=O) groups is 1. The van der Waals surface area contributed by atoms with Gasteiger partial charge in [0.05, 0.1) is 15.5 Å². The van der Waals surface area contributed by atoms with Crippen LogP contribution in [0.5, 0.6) is 0 Å². The van der Waals surface area contributed by atoms with Crippen LogP contribution in [-0.4, -0.2) is 43.3 Å². The molecule has 150 valence electrons. The minimum absolute atomic E-state index is 0.0321. The lowest BCUT2D eigenvalue weighted by molar-refractivity contribution is -0.123. The molecule has 0 saturated carbocycles. The summed E-state index contributed by atoms with van der Waals surface area (Å²) in [5.74, 6) is 0.293. The maximum absolute atomic E-state index is 11.7. The zero-order valence-corrected chi connectivity index (χ0v) is 17.4. The molecule has 1 aromatic carbocycles. The molecule has 0 aliphatic heterocycles. The maximum atomic E-state index is 11.7. The Hall–Kier alpha value is -3.08. The Bertz CT molecular complexity index is 1150. The molecule has 0 atom stereocenters.